The van der Waals surface area contributed by atoms with Gasteiger partial charge in [-0.1, -0.05) is 30.3 Å². The van der Waals surface area contributed by atoms with E-state index < -0.39 is 0 Å². The molecule has 0 bridgehead atoms. The first kappa shape index (κ1) is 18.4. The van der Waals surface area contributed by atoms with E-state index in [9.17, 15) is 0 Å². The number of benzene rings is 1. The van der Waals surface area contributed by atoms with Crippen LogP contribution in [0, 0.1) is 6.92 Å². The molecule has 1 aliphatic heterocycles. The van der Waals surface area contributed by atoms with Crippen LogP contribution in [-0.2, 0) is 20.1 Å². The fourth-order valence-corrected chi connectivity index (χ4v) is 3.12. The molecule has 140 valence electrons. The normalized spacial score (nSPS) is 16.1. The lowest BCUT2D eigenvalue weighted by Crippen LogP contribution is -2.52. The molecule has 0 unspecified atom stereocenters. The molecule has 2 aromatic rings. The van der Waals surface area contributed by atoms with Crippen molar-refractivity contribution in [1.82, 2.24) is 29.9 Å². The Morgan fingerprint density at radius 3 is 2.46 bits per heavy atom. The van der Waals surface area contributed by atoms with Crippen LogP contribution in [0.1, 0.15) is 24.1 Å². The van der Waals surface area contributed by atoms with Gasteiger partial charge < -0.3 is 14.8 Å². The predicted molar refractivity (Wildman–Crippen MR) is 104 cm³/mol. The second-order valence-electron chi connectivity index (χ2n) is 6.64. The highest BCUT2D eigenvalue weighted by molar-refractivity contribution is 5.80. The van der Waals surface area contributed by atoms with Gasteiger partial charge in [0.1, 0.15) is 12.4 Å². The van der Waals surface area contributed by atoms with Crippen molar-refractivity contribution in [3.05, 3.63) is 47.5 Å². The van der Waals surface area contributed by atoms with E-state index in [1.807, 2.05) is 18.5 Å². The minimum Gasteiger partial charge on any atom is -0.357 e. The second kappa shape index (κ2) is 8.80. The van der Waals surface area contributed by atoms with Crippen molar-refractivity contribution in [2.45, 2.75) is 26.9 Å². The number of piperazine rings is 1. The maximum atomic E-state index is 4.78. The van der Waals surface area contributed by atoms with Gasteiger partial charge in [0, 0.05) is 46.3 Å². The van der Waals surface area contributed by atoms with Gasteiger partial charge in [0.2, 0.25) is 0 Å². The van der Waals surface area contributed by atoms with E-state index in [0.717, 1.165) is 56.9 Å². The van der Waals surface area contributed by atoms with E-state index >= 15 is 0 Å². The van der Waals surface area contributed by atoms with Gasteiger partial charge in [-0.25, -0.2) is 4.99 Å². The van der Waals surface area contributed by atoms with E-state index in [4.69, 9.17) is 4.99 Å². The van der Waals surface area contributed by atoms with Crippen LogP contribution in [0.3, 0.4) is 0 Å². The van der Waals surface area contributed by atoms with Crippen LogP contribution in [0.5, 0.6) is 0 Å². The lowest BCUT2D eigenvalue weighted by Gasteiger charge is -2.36. The third-order valence-corrected chi connectivity index (χ3v) is 4.81. The van der Waals surface area contributed by atoms with Gasteiger partial charge in [-0.15, -0.1) is 10.2 Å². The molecule has 1 aromatic heterocycles. The van der Waals surface area contributed by atoms with Crippen LogP contribution in [0.2, 0.25) is 0 Å². The van der Waals surface area contributed by atoms with Gasteiger partial charge in [0.15, 0.2) is 11.8 Å². The highest BCUT2D eigenvalue weighted by Crippen LogP contribution is 2.09. The van der Waals surface area contributed by atoms with Crippen LogP contribution < -0.4 is 5.32 Å². The molecule has 3 rings (SSSR count). The molecule has 1 saturated heterocycles. The number of aryl methyl sites for hydroxylation is 1. The number of aromatic nitrogens is 3. The highest BCUT2D eigenvalue weighted by Gasteiger charge is 2.19. The Balaban J connectivity index is 1.57. The Hall–Kier alpha value is -2.41. The largest absolute Gasteiger partial charge is 0.357 e. The molecule has 0 atom stereocenters. The number of guanidine groups is 1. The average molecular weight is 355 g/mol. The quantitative estimate of drug-likeness (QED) is 0.649. The summed E-state index contributed by atoms with van der Waals surface area (Å²) < 4.78 is 1.99. The summed E-state index contributed by atoms with van der Waals surface area (Å²) in [5.41, 5.74) is 1.37. The highest BCUT2D eigenvalue weighted by atomic mass is 15.4. The molecule has 1 N–H and O–H groups in total. The average Bonchev–Trinajstić information content (AvgIpc) is 2.99. The van der Waals surface area contributed by atoms with Crippen molar-refractivity contribution in [2.75, 3.05) is 32.7 Å². The summed E-state index contributed by atoms with van der Waals surface area (Å²) in [7, 11) is 1.98. The summed E-state index contributed by atoms with van der Waals surface area (Å²) in [5.74, 6) is 2.77. The van der Waals surface area contributed by atoms with E-state index in [1.165, 1.54) is 5.56 Å². The molecule has 0 saturated carbocycles. The molecular formula is C19H29N7. The fourth-order valence-electron chi connectivity index (χ4n) is 3.12. The van der Waals surface area contributed by atoms with Crippen LogP contribution in [0.15, 0.2) is 35.3 Å². The number of nitrogens with zero attached hydrogens (tertiary/aromatic N) is 6. The molecule has 7 heteroatoms. The molecule has 1 aliphatic rings. The maximum Gasteiger partial charge on any atom is 0.194 e. The Kier molecular flexibility index (Phi) is 6.22. The van der Waals surface area contributed by atoms with Crippen LogP contribution in [-0.4, -0.2) is 63.2 Å². The zero-order valence-corrected chi connectivity index (χ0v) is 16.0. The summed E-state index contributed by atoms with van der Waals surface area (Å²) in [6.07, 6.45) is 0. The summed E-state index contributed by atoms with van der Waals surface area (Å²) in [4.78, 5) is 9.62. The Bertz CT molecular complexity index is 715. The van der Waals surface area contributed by atoms with Crippen LogP contribution in [0.4, 0.5) is 0 Å². The Labute approximate surface area is 155 Å². The van der Waals surface area contributed by atoms with Gasteiger partial charge in [0.25, 0.3) is 0 Å². The van der Waals surface area contributed by atoms with Crippen LogP contribution >= 0.6 is 0 Å². The summed E-state index contributed by atoms with van der Waals surface area (Å²) in [6, 6.07) is 10.7. The van der Waals surface area contributed by atoms with Crippen molar-refractivity contribution >= 4 is 5.96 Å². The first-order chi connectivity index (χ1) is 12.7. The number of hydrogen-bond acceptors (Lipinski definition) is 4. The molecule has 26 heavy (non-hydrogen) atoms. The molecule has 1 fully saturated rings. The lowest BCUT2D eigenvalue weighted by atomic mass is 10.2. The smallest absolute Gasteiger partial charge is 0.194 e. The SMILES string of the molecule is CCNC(=NCc1nnc(C)n1C)N1CCN(Cc2ccccc2)CC1. The van der Waals surface area contributed by atoms with E-state index in [1.54, 1.807) is 0 Å². The lowest BCUT2D eigenvalue weighted by molar-refractivity contribution is 0.172. The molecule has 0 radical (unpaired) electrons. The Morgan fingerprint density at radius 2 is 1.85 bits per heavy atom. The third kappa shape index (κ3) is 4.60. The summed E-state index contributed by atoms with van der Waals surface area (Å²) >= 11 is 0. The molecule has 1 aromatic carbocycles. The fraction of sp³-hybridized carbons (Fsp3) is 0.526. The third-order valence-electron chi connectivity index (χ3n) is 4.81. The minimum atomic E-state index is 0.546. The molecule has 0 spiro atoms. The standard InChI is InChI=1S/C19H29N7/c1-4-20-19(21-14-18-23-22-16(2)24(18)3)26-12-10-25(11-13-26)15-17-8-6-5-7-9-17/h5-9H,4,10-15H2,1-3H3,(H,20,21). The Morgan fingerprint density at radius 1 is 1.12 bits per heavy atom. The minimum absolute atomic E-state index is 0.546. The van der Waals surface area contributed by atoms with Gasteiger partial charge in [-0.2, -0.15) is 0 Å². The van der Waals surface area contributed by atoms with Crippen LogP contribution in [0.25, 0.3) is 0 Å². The summed E-state index contributed by atoms with van der Waals surface area (Å²) in [5, 5.41) is 11.7. The predicted octanol–water partition coefficient (Wildman–Crippen LogP) is 1.41. The topological polar surface area (TPSA) is 61.6 Å². The van der Waals surface area contributed by atoms with E-state index in [-0.39, 0.29) is 0 Å². The number of hydrogen-bond donors (Lipinski definition) is 1. The monoisotopic (exact) mass is 355 g/mol. The summed E-state index contributed by atoms with van der Waals surface area (Å²) in [6.45, 7) is 10.5. The molecular weight excluding hydrogens is 326 g/mol. The number of nitrogens with one attached hydrogen (secondary N) is 1. The number of aliphatic imine (C=N–C) groups is 1. The van der Waals surface area contributed by atoms with Gasteiger partial charge in [-0.05, 0) is 19.4 Å². The zero-order valence-electron chi connectivity index (χ0n) is 16.0. The molecule has 7 nitrogen and oxygen atoms in total. The molecule has 2 heterocycles. The first-order valence-corrected chi connectivity index (χ1v) is 9.31. The van der Waals surface area contributed by atoms with Gasteiger partial charge >= 0.3 is 0 Å². The maximum absolute atomic E-state index is 4.78. The van der Waals surface area contributed by atoms with E-state index in [0.29, 0.717) is 6.54 Å². The van der Waals surface area contributed by atoms with Crippen molar-refractivity contribution < 1.29 is 0 Å². The second-order valence-corrected chi connectivity index (χ2v) is 6.64. The molecule has 0 amide bonds. The van der Waals surface area contributed by atoms with E-state index in [2.05, 4.69) is 62.6 Å². The van der Waals surface area contributed by atoms with Gasteiger partial charge in [0.05, 0.1) is 0 Å². The number of rotatable bonds is 5. The van der Waals surface area contributed by atoms with Gasteiger partial charge in [-0.3, -0.25) is 4.90 Å². The van der Waals surface area contributed by atoms with Crippen molar-refractivity contribution in [3.8, 4) is 0 Å². The zero-order chi connectivity index (χ0) is 18.4. The first-order valence-electron chi connectivity index (χ1n) is 9.31. The van der Waals surface area contributed by atoms with Crippen molar-refractivity contribution in [1.29, 1.82) is 0 Å². The van der Waals surface area contributed by atoms with Crippen molar-refractivity contribution in [3.63, 3.8) is 0 Å². The van der Waals surface area contributed by atoms with Crippen molar-refractivity contribution in [2.24, 2.45) is 12.0 Å². The molecule has 0 aliphatic carbocycles.